The number of benzene rings is 2. The predicted octanol–water partition coefficient (Wildman–Crippen LogP) is 4.63. The molecule has 1 aliphatic heterocycles. The standard InChI is InChI=1S/C22H24Cl2N3O2S/c1-15-25-21-11-18(3-5-22(21)30-15)29-14-17(28)13-27-8-6-26(7-9-27)12-16-2-4-19(23)20(24)10-16/h2-6,10-11,17,28H,7-9,12-14H2,1H3. The van der Waals surface area contributed by atoms with Crippen LogP contribution in [0.5, 0.6) is 5.75 Å². The Bertz CT molecular complexity index is 1010. The Morgan fingerprint density at radius 1 is 1.17 bits per heavy atom. The maximum atomic E-state index is 10.4. The van der Waals surface area contributed by atoms with Crippen LogP contribution in [0.4, 0.5) is 0 Å². The molecule has 4 rings (SSSR count). The molecule has 2 aromatic carbocycles. The minimum absolute atomic E-state index is 0.262. The van der Waals surface area contributed by atoms with Crippen molar-refractivity contribution in [3.8, 4) is 5.75 Å². The normalized spacial score (nSPS) is 16.8. The second-order valence-electron chi connectivity index (χ2n) is 7.49. The van der Waals surface area contributed by atoms with E-state index in [0.717, 1.165) is 52.7 Å². The van der Waals surface area contributed by atoms with Crippen LogP contribution in [0.1, 0.15) is 10.6 Å². The zero-order valence-corrected chi connectivity index (χ0v) is 19.1. The highest BCUT2D eigenvalue weighted by Crippen LogP contribution is 2.26. The van der Waals surface area contributed by atoms with Gasteiger partial charge in [-0.2, -0.15) is 0 Å². The van der Waals surface area contributed by atoms with Crippen LogP contribution in [0.3, 0.4) is 0 Å². The van der Waals surface area contributed by atoms with Gasteiger partial charge in [-0.25, -0.2) is 4.98 Å². The second kappa shape index (κ2) is 9.81. The number of nitrogens with zero attached hydrogens (tertiary/aromatic N) is 3. The number of thiazole rings is 1. The van der Waals surface area contributed by atoms with Gasteiger partial charge in [-0.15, -0.1) is 11.3 Å². The van der Waals surface area contributed by atoms with E-state index in [1.165, 1.54) is 0 Å². The van der Waals surface area contributed by atoms with E-state index >= 15 is 0 Å². The van der Waals surface area contributed by atoms with Crippen molar-refractivity contribution in [3.63, 3.8) is 0 Å². The minimum Gasteiger partial charge on any atom is -0.491 e. The Balaban J connectivity index is 1.20. The van der Waals surface area contributed by atoms with E-state index in [9.17, 15) is 5.11 Å². The maximum Gasteiger partial charge on any atom is 0.121 e. The van der Waals surface area contributed by atoms with Crippen LogP contribution in [0.25, 0.3) is 10.2 Å². The molecule has 0 spiro atoms. The second-order valence-corrected chi connectivity index (χ2v) is 9.54. The molecule has 1 radical (unpaired) electrons. The molecule has 1 fully saturated rings. The molecule has 3 aromatic rings. The zero-order chi connectivity index (χ0) is 21.1. The average Bonchev–Trinajstić information content (AvgIpc) is 3.10. The molecular formula is C22H24Cl2N3O2S. The van der Waals surface area contributed by atoms with Gasteiger partial charge in [-0.3, -0.25) is 9.80 Å². The van der Waals surface area contributed by atoms with E-state index in [4.69, 9.17) is 27.9 Å². The van der Waals surface area contributed by atoms with E-state index < -0.39 is 6.10 Å². The lowest BCUT2D eigenvalue weighted by molar-refractivity contribution is 0.0549. The van der Waals surface area contributed by atoms with Gasteiger partial charge in [0.05, 0.1) is 25.3 Å². The lowest BCUT2D eigenvalue weighted by Crippen LogP contribution is -2.46. The number of rotatable bonds is 7. The molecule has 1 N–H and O–H groups in total. The highest BCUT2D eigenvalue weighted by atomic mass is 35.5. The summed E-state index contributed by atoms with van der Waals surface area (Å²) in [4.78, 5) is 8.98. The monoisotopic (exact) mass is 464 g/mol. The van der Waals surface area contributed by atoms with Gasteiger partial charge in [0.1, 0.15) is 18.5 Å². The molecule has 2 heterocycles. The first kappa shape index (κ1) is 21.8. The number of aliphatic hydroxyl groups is 1. The first-order chi connectivity index (χ1) is 14.5. The Kier molecular flexibility index (Phi) is 7.13. The number of β-amino-alcohol motifs (C(OH)–C–C–N with tert-alkyl or cyclic N) is 1. The van der Waals surface area contributed by atoms with Gasteiger partial charge in [0.2, 0.25) is 0 Å². The molecule has 1 saturated heterocycles. The van der Waals surface area contributed by atoms with E-state index in [1.54, 1.807) is 11.3 Å². The number of aliphatic hydroxyl groups excluding tert-OH is 1. The quantitative estimate of drug-likeness (QED) is 0.552. The molecule has 1 aliphatic rings. The molecule has 0 aliphatic carbocycles. The molecule has 159 valence electrons. The van der Waals surface area contributed by atoms with Crippen molar-refractivity contribution in [1.82, 2.24) is 14.8 Å². The molecule has 8 heteroatoms. The first-order valence-electron chi connectivity index (χ1n) is 9.88. The largest absolute Gasteiger partial charge is 0.491 e. The fourth-order valence-electron chi connectivity index (χ4n) is 3.52. The summed E-state index contributed by atoms with van der Waals surface area (Å²) in [6, 6.07) is 11.6. The molecule has 5 nitrogen and oxygen atoms in total. The summed E-state index contributed by atoms with van der Waals surface area (Å²) in [6.45, 7) is 8.38. The van der Waals surface area contributed by atoms with Gasteiger partial charge in [0, 0.05) is 45.3 Å². The highest BCUT2D eigenvalue weighted by molar-refractivity contribution is 7.18. The molecule has 0 amide bonds. The summed E-state index contributed by atoms with van der Waals surface area (Å²) < 4.78 is 6.94. The Hall–Kier alpha value is -1.41. The zero-order valence-electron chi connectivity index (χ0n) is 16.7. The number of hydrogen-bond acceptors (Lipinski definition) is 6. The molecule has 1 atom stereocenters. The molecule has 0 bridgehead atoms. The van der Waals surface area contributed by atoms with Gasteiger partial charge >= 0.3 is 0 Å². The fraction of sp³-hybridized carbons (Fsp3) is 0.364. The van der Waals surface area contributed by atoms with Crippen molar-refractivity contribution in [2.24, 2.45) is 0 Å². The smallest absolute Gasteiger partial charge is 0.121 e. The number of halogens is 2. The highest BCUT2D eigenvalue weighted by Gasteiger charge is 2.20. The van der Waals surface area contributed by atoms with Gasteiger partial charge in [-0.1, -0.05) is 29.3 Å². The molecule has 1 unspecified atom stereocenters. The molecule has 0 saturated carbocycles. The van der Waals surface area contributed by atoms with E-state index in [-0.39, 0.29) is 6.61 Å². The Morgan fingerprint density at radius 3 is 2.80 bits per heavy atom. The molecule has 30 heavy (non-hydrogen) atoms. The van der Waals surface area contributed by atoms with Crippen LogP contribution >= 0.6 is 34.5 Å². The number of aromatic nitrogens is 1. The number of aryl methyl sites for hydroxylation is 1. The Labute approximate surface area is 190 Å². The Morgan fingerprint density at radius 2 is 2.03 bits per heavy atom. The summed E-state index contributed by atoms with van der Waals surface area (Å²) >= 11 is 13.8. The van der Waals surface area contributed by atoms with Gasteiger partial charge < -0.3 is 9.84 Å². The summed E-state index contributed by atoms with van der Waals surface area (Å²) in [6.07, 6.45) is -0.548. The van der Waals surface area contributed by atoms with Crippen LogP contribution in [0, 0.1) is 13.5 Å². The van der Waals surface area contributed by atoms with Gasteiger partial charge in [0.15, 0.2) is 0 Å². The van der Waals surface area contributed by atoms with Crippen molar-refractivity contribution < 1.29 is 9.84 Å². The lowest BCUT2D eigenvalue weighted by atomic mass is 10.2. The van der Waals surface area contributed by atoms with Crippen molar-refractivity contribution >= 4 is 44.8 Å². The number of hydrogen-bond donors (Lipinski definition) is 1. The van der Waals surface area contributed by atoms with Crippen molar-refractivity contribution in [3.05, 3.63) is 63.6 Å². The topological polar surface area (TPSA) is 48.8 Å². The van der Waals surface area contributed by atoms with E-state index in [0.29, 0.717) is 16.6 Å². The number of piperazine rings is 1. The maximum absolute atomic E-state index is 10.4. The molecule has 1 aromatic heterocycles. The summed E-state index contributed by atoms with van der Waals surface area (Å²) in [5.41, 5.74) is 2.08. The van der Waals surface area contributed by atoms with Crippen molar-refractivity contribution in [2.75, 3.05) is 32.8 Å². The third-order valence-electron chi connectivity index (χ3n) is 5.05. The van der Waals surface area contributed by atoms with Gasteiger partial charge in [0.25, 0.3) is 0 Å². The minimum atomic E-state index is -0.548. The van der Waals surface area contributed by atoms with Crippen LogP contribution < -0.4 is 4.74 Å². The van der Waals surface area contributed by atoms with Crippen LogP contribution in [-0.2, 0) is 6.54 Å². The van der Waals surface area contributed by atoms with Crippen LogP contribution in [0.15, 0.2) is 36.4 Å². The third kappa shape index (κ3) is 5.63. The van der Waals surface area contributed by atoms with Crippen molar-refractivity contribution in [1.29, 1.82) is 0 Å². The SMILES string of the molecule is Cc1nc2cc(OCC(O)CN3C[CH]N(Cc4ccc(Cl)c(Cl)c4)CC3)ccc2s1. The number of ether oxygens (including phenoxy) is 1. The lowest BCUT2D eigenvalue weighted by Gasteiger charge is -2.35. The summed E-state index contributed by atoms with van der Waals surface area (Å²) in [7, 11) is 0. The molecular weight excluding hydrogens is 441 g/mol. The average molecular weight is 465 g/mol. The van der Waals surface area contributed by atoms with Crippen LogP contribution in [0.2, 0.25) is 10.0 Å². The van der Waals surface area contributed by atoms with Crippen molar-refractivity contribution in [2.45, 2.75) is 19.6 Å². The summed E-state index contributed by atoms with van der Waals surface area (Å²) in [5, 5.41) is 12.6. The first-order valence-corrected chi connectivity index (χ1v) is 11.5. The van der Waals surface area contributed by atoms with Gasteiger partial charge in [-0.05, 0) is 36.8 Å². The van der Waals surface area contributed by atoms with E-state index in [1.807, 2.05) is 43.3 Å². The van der Waals surface area contributed by atoms with E-state index in [2.05, 4.69) is 21.3 Å². The van der Waals surface area contributed by atoms with Crippen LogP contribution in [-0.4, -0.2) is 58.8 Å². The summed E-state index contributed by atoms with van der Waals surface area (Å²) in [5.74, 6) is 0.741. The number of fused-ring (bicyclic) bond motifs is 1. The third-order valence-corrected chi connectivity index (χ3v) is 6.74. The fourth-order valence-corrected chi connectivity index (χ4v) is 4.65. The predicted molar refractivity (Wildman–Crippen MR) is 123 cm³/mol.